The van der Waals surface area contributed by atoms with E-state index in [1.807, 2.05) is 50.1 Å². The number of benzene rings is 1. The van der Waals surface area contributed by atoms with Gasteiger partial charge in [-0.25, -0.2) is 0 Å². The summed E-state index contributed by atoms with van der Waals surface area (Å²) >= 11 is 6.10. The van der Waals surface area contributed by atoms with Crippen molar-refractivity contribution in [3.05, 3.63) is 46.2 Å². The molecule has 0 bridgehead atoms. The van der Waals surface area contributed by atoms with Crippen LogP contribution < -0.4 is 10.1 Å². The highest BCUT2D eigenvalue weighted by molar-refractivity contribution is 6.30. The van der Waals surface area contributed by atoms with Gasteiger partial charge in [0, 0.05) is 29.4 Å². The van der Waals surface area contributed by atoms with Crippen LogP contribution in [0.5, 0.6) is 5.75 Å². The van der Waals surface area contributed by atoms with Crippen molar-refractivity contribution in [3.63, 3.8) is 0 Å². The van der Waals surface area contributed by atoms with Gasteiger partial charge in [0.25, 0.3) is 0 Å². The molecule has 0 radical (unpaired) electrons. The first-order valence-electron chi connectivity index (χ1n) is 6.07. The zero-order chi connectivity index (χ0) is 14.0. The fraction of sp³-hybridized carbons (Fsp3) is 0.357. The van der Waals surface area contributed by atoms with Gasteiger partial charge < -0.3 is 10.1 Å². The Morgan fingerprint density at radius 3 is 2.63 bits per heavy atom. The van der Waals surface area contributed by atoms with Crippen LogP contribution in [0.3, 0.4) is 0 Å². The van der Waals surface area contributed by atoms with E-state index in [1.54, 1.807) is 7.11 Å². The minimum atomic E-state index is 0.00218. The smallest absolute Gasteiger partial charge is 0.124 e. The monoisotopic (exact) mass is 279 g/mol. The Labute approximate surface area is 118 Å². The van der Waals surface area contributed by atoms with Crippen molar-refractivity contribution in [1.82, 2.24) is 15.1 Å². The Balaban J connectivity index is 2.53. The fourth-order valence-corrected chi connectivity index (χ4v) is 2.49. The minimum Gasteiger partial charge on any atom is -0.496 e. The molecule has 1 aromatic carbocycles. The maximum Gasteiger partial charge on any atom is 0.124 e. The molecule has 102 valence electrons. The largest absolute Gasteiger partial charge is 0.496 e. The topological polar surface area (TPSA) is 39.1 Å². The lowest BCUT2D eigenvalue weighted by atomic mass is 9.98. The number of hydrogen-bond donors (Lipinski definition) is 1. The summed E-state index contributed by atoms with van der Waals surface area (Å²) < 4.78 is 7.24. The highest BCUT2D eigenvalue weighted by Gasteiger charge is 2.20. The Morgan fingerprint density at radius 1 is 1.37 bits per heavy atom. The van der Waals surface area contributed by atoms with E-state index in [-0.39, 0.29) is 6.04 Å². The summed E-state index contributed by atoms with van der Waals surface area (Å²) in [6.45, 7) is 2.00. The summed E-state index contributed by atoms with van der Waals surface area (Å²) in [5.74, 6) is 0.812. The van der Waals surface area contributed by atoms with Gasteiger partial charge in [-0.1, -0.05) is 11.6 Å². The zero-order valence-corrected chi connectivity index (χ0v) is 12.3. The minimum absolute atomic E-state index is 0.00218. The molecule has 1 heterocycles. The Kier molecular flexibility index (Phi) is 4.12. The van der Waals surface area contributed by atoms with E-state index in [2.05, 4.69) is 10.4 Å². The summed E-state index contributed by atoms with van der Waals surface area (Å²) in [6.07, 6.45) is 2.01. The number of methoxy groups -OCH3 is 1. The lowest BCUT2D eigenvalue weighted by Gasteiger charge is -2.19. The molecule has 0 aliphatic rings. The third kappa shape index (κ3) is 2.74. The molecule has 1 aromatic heterocycles. The van der Waals surface area contributed by atoms with Crippen molar-refractivity contribution in [2.24, 2.45) is 7.05 Å². The molecule has 0 amide bonds. The van der Waals surface area contributed by atoms with Gasteiger partial charge in [-0.2, -0.15) is 5.10 Å². The molecule has 2 aromatic rings. The van der Waals surface area contributed by atoms with Gasteiger partial charge in [-0.15, -0.1) is 0 Å². The third-order valence-corrected chi connectivity index (χ3v) is 3.39. The third-order valence-electron chi connectivity index (χ3n) is 3.15. The van der Waals surface area contributed by atoms with Crippen molar-refractivity contribution in [1.29, 1.82) is 0 Å². The van der Waals surface area contributed by atoms with Gasteiger partial charge in [-0.05, 0) is 32.2 Å². The molecule has 0 spiro atoms. The first-order valence-corrected chi connectivity index (χ1v) is 6.45. The molecule has 5 heteroatoms. The number of ether oxygens (including phenoxy) is 1. The van der Waals surface area contributed by atoms with E-state index in [0.29, 0.717) is 5.02 Å². The van der Waals surface area contributed by atoms with Crippen LogP contribution in [0.25, 0.3) is 0 Å². The first kappa shape index (κ1) is 13.9. The number of halogens is 1. The van der Waals surface area contributed by atoms with Crippen LogP contribution >= 0.6 is 11.6 Å². The van der Waals surface area contributed by atoms with Crippen LogP contribution in [0.4, 0.5) is 0 Å². The molecular weight excluding hydrogens is 262 g/mol. The van der Waals surface area contributed by atoms with Crippen LogP contribution in [-0.4, -0.2) is 23.9 Å². The van der Waals surface area contributed by atoms with Crippen molar-refractivity contribution in [2.45, 2.75) is 13.0 Å². The Bertz CT molecular complexity index is 580. The van der Waals surface area contributed by atoms with Crippen LogP contribution in [0, 0.1) is 6.92 Å². The summed E-state index contributed by atoms with van der Waals surface area (Å²) in [7, 11) is 5.49. The molecule has 0 aliphatic heterocycles. The SMILES string of the molecule is CNC(c1cc(Cl)ccc1OC)c1cn(C)nc1C. The van der Waals surface area contributed by atoms with Crippen LogP contribution in [0.1, 0.15) is 22.9 Å². The molecule has 2 rings (SSSR count). The zero-order valence-electron chi connectivity index (χ0n) is 11.6. The number of aromatic nitrogens is 2. The van der Waals surface area contributed by atoms with E-state index in [9.17, 15) is 0 Å². The molecule has 4 nitrogen and oxygen atoms in total. The van der Waals surface area contributed by atoms with Gasteiger partial charge in [-0.3, -0.25) is 4.68 Å². The van der Waals surface area contributed by atoms with Crippen LogP contribution in [-0.2, 0) is 7.05 Å². The second-order valence-electron chi connectivity index (χ2n) is 4.45. The van der Waals surface area contributed by atoms with E-state index >= 15 is 0 Å². The van der Waals surface area contributed by atoms with Crippen molar-refractivity contribution < 1.29 is 4.74 Å². The summed E-state index contributed by atoms with van der Waals surface area (Å²) in [4.78, 5) is 0. The normalized spacial score (nSPS) is 12.5. The second-order valence-corrected chi connectivity index (χ2v) is 4.89. The van der Waals surface area contributed by atoms with Crippen LogP contribution in [0.2, 0.25) is 5.02 Å². The van der Waals surface area contributed by atoms with E-state index in [0.717, 1.165) is 22.6 Å². The average molecular weight is 280 g/mol. The highest BCUT2D eigenvalue weighted by Crippen LogP contribution is 2.33. The summed E-state index contributed by atoms with van der Waals surface area (Å²) in [5, 5.41) is 8.38. The van der Waals surface area contributed by atoms with Crippen LogP contribution in [0.15, 0.2) is 24.4 Å². The molecule has 0 fully saturated rings. The molecule has 1 unspecified atom stereocenters. The first-order chi connectivity index (χ1) is 9.06. The maximum atomic E-state index is 6.10. The predicted molar refractivity (Wildman–Crippen MR) is 76.9 cm³/mol. The fourth-order valence-electron chi connectivity index (χ4n) is 2.31. The van der Waals surface area contributed by atoms with E-state index < -0.39 is 0 Å². The van der Waals surface area contributed by atoms with Gasteiger partial charge in [0.15, 0.2) is 0 Å². The average Bonchev–Trinajstić information content (AvgIpc) is 2.70. The quantitative estimate of drug-likeness (QED) is 0.935. The van der Waals surface area contributed by atoms with Gasteiger partial charge in [0.05, 0.1) is 18.8 Å². The number of nitrogens with zero attached hydrogens (tertiary/aromatic N) is 2. The summed E-state index contributed by atoms with van der Waals surface area (Å²) in [6, 6.07) is 5.64. The van der Waals surface area contributed by atoms with E-state index in [1.165, 1.54) is 0 Å². The second kappa shape index (κ2) is 5.63. The van der Waals surface area contributed by atoms with Gasteiger partial charge in [0.2, 0.25) is 0 Å². The number of aryl methyl sites for hydroxylation is 2. The number of hydrogen-bond acceptors (Lipinski definition) is 3. The van der Waals surface area contributed by atoms with Crippen molar-refractivity contribution in [2.75, 3.05) is 14.2 Å². The lowest BCUT2D eigenvalue weighted by Crippen LogP contribution is -2.19. The summed E-state index contributed by atoms with van der Waals surface area (Å²) in [5.41, 5.74) is 3.11. The lowest BCUT2D eigenvalue weighted by molar-refractivity contribution is 0.405. The highest BCUT2D eigenvalue weighted by atomic mass is 35.5. The molecule has 1 N–H and O–H groups in total. The van der Waals surface area contributed by atoms with Gasteiger partial charge >= 0.3 is 0 Å². The Hall–Kier alpha value is -1.52. The Morgan fingerprint density at radius 2 is 2.11 bits per heavy atom. The predicted octanol–water partition coefficient (Wildman–Crippen LogP) is 2.70. The number of nitrogens with one attached hydrogen (secondary N) is 1. The standard InChI is InChI=1S/C14H18ClN3O/c1-9-12(8-18(3)17-9)14(16-2)11-7-10(15)5-6-13(11)19-4/h5-8,14,16H,1-4H3. The van der Waals surface area contributed by atoms with Crippen molar-refractivity contribution in [3.8, 4) is 5.75 Å². The molecular formula is C14H18ClN3O. The maximum absolute atomic E-state index is 6.10. The molecule has 0 aliphatic carbocycles. The molecule has 0 saturated carbocycles. The molecule has 0 saturated heterocycles. The molecule has 19 heavy (non-hydrogen) atoms. The number of rotatable bonds is 4. The van der Waals surface area contributed by atoms with Gasteiger partial charge in [0.1, 0.15) is 5.75 Å². The van der Waals surface area contributed by atoms with Crippen molar-refractivity contribution >= 4 is 11.6 Å². The van der Waals surface area contributed by atoms with E-state index in [4.69, 9.17) is 16.3 Å². The molecule has 1 atom stereocenters.